The predicted molar refractivity (Wildman–Crippen MR) is 154 cm³/mol. The van der Waals surface area contributed by atoms with Gasteiger partial charge in [0.05, 0.1) is 8.80 Å². The Labute approximate surface area is 212 Å². The molecule has 2 aliphatic rings. The lowest BCUT2D eigenvalue weighted by atomic mass is 9.77. The smallest absolute Gasteiger partial charge is 0.0654 e. The quantitative estimate of drug-likeness (QED) is 0.224. The van der Waals surface area contributed by atoms with Crippen LogP contribution in [0.3, 0.4) is 0 Å². The van der Waals surface area contributed by atoms with E-state index in [2.05, 4.69) is 62.4 Å². The molecule has 0 N–H and O–H groups in total. The Morgan fingerprint density at radius 1 is 0.588 bits per heavy atom. The summed E-state index contributed by atoms with van der Waals surface area (Å²) in [5.74, 6) is 2.83. The molecule has 0 amide bonds. The zero-order valence-corrected chi connectivity index (χ0v) is 23.4. The largest absolute Gasteiger partial charge is 0.0708 e. The van der Waals surface area contributed by atoms with E-state index < -0.39 is 8.80 Å². The first-order valence-electron chi connectivity index (χ1n) is 15.0. The summed E-state index contributed by atoms with van der Waals surface area (Å²) in [6.45, 7) is 4.64. The van der Waals surface area contributed by atoms with Crippen molar-refractivity contribution >= 4 is 14.0 Å². The van der Waals surface area contributed by atoms with Gasteiger partial charge in [-0.1, -0.05) is 144 Å². The minimum Gasteiger partial charge on any atom is -0.0654 e. The zero-order chi connectivity index (χ0) is 23.6. The summed E-state index contributed by atoms with van der Waals surface area (Å²) < 4.78 is 0. The third-order valence-corrected chi connectivity index (χ3v) is 12.6. The highest BCUT2D eigenvalue weighted by atomic mass is 28.3. The molecule has 0 radical (unpaired) electrons. The van der Waals surface area contributed by atoms with Gasteiger partial charge in [0.2, 0.25) is 0 Å². The van der Waals surface area contributed by atoms with Gasteiger partial charge in [0.1, 0.15) is 0 Å². The molecule has 0 bridgehead atoms. The van der Waals surface area contributed by atoms with E-state index in [0.717, 1.165) is 17.8 Å². The Morgan fingerprint density at radius 3 is 1.62 bits per heavy atom. The Kier molecular flexibility index (Phi) is 10.3. The van der Waals surface area contributed by atoms with Crippen molar-refractivity contribution in [3.05, 3.63) is 54.1 Å². The summed E-state index contributed by atoms with van der Waals surface area (Å²) in [6.07, 6.45) is 20.1. The fourth-order valence-electron chi connectivity index (χ4n) is 6.83. The van der Waals surface area contributed by atoms with Crippen LogP contribution in [0.15, 0.2) is 48.5 Å². The van der Waals surface area contributed by atoms with Gasteiger partial charge in [0.25, 0.3) is 0 Å². The van der Waals surface area contributed by atoms with Crippen molar-refractivity contribution < 1.29 is 0 Å². The summed E-state index contributed by atoms with van der Waals surface area (Å²) in [4.78, 5) is 0. The molecule has 2 aromatic rings. The van der Waals surface area contributed by atoms with Crippen molar-refractivity contribution in [2.24, 2.45) is 11.8 Å². The Balaban J connectivity index is 1.25. The normalized spacial score (nSPS) is 25.4. The first kappa shape index (κ1) is 25.7. The van der Waals surface area contributed by atoms with Crippen molar-refractivity contribution in [3.8, 4) is 11.1 Å². The van der Waals surface area contributed by atoms with Gasteiger partial charge in [-0.2, -0.15) is 0 Å². The standard InChI is InChI=1S/C33H50Si/c1-3-5-7-9-27-11-13-29(14-12-27)30-15-17-31(18-16-30)32-19-21-33(22-20-32)34-25-23-28(24-26-34)10-8-6-4-2/h15-22,27-29,34H,3-14,23-26H2,1-2H3/t27-,28?,29-,34?. The van der Waals surface area contributed by atoms with Crippen LogP contribution in [0.1, 0.15) is 115 Å². The van der Waals surface area contributed by atoms with E-state index >= 15 is 0 Å². The molecule has 186 valence electrons. The molecule has 2 fully saturated rings. The van der Waals surface area contributed by atoms with E-state index in [9.17, 15) is 0 Å². The fraction of sp³-hybridized carbons (Fsp3) is 0.636. The molecule has 0 unspecified atom stereocenters. The molecule has 1 heteroatoms. The average Bonchev–Trinajstić information content (AvgIpc) is 2.90. The Hall–Kier alpha value is -1.34. The summed E-state index contributed by atoms with van der Waals surface area (Å²) >= 11 is 0. The van der Waals surface area contributed by atoms with Crippen LogP contribution in [0.2, 0.25) is 12.1 Å². The monoisotopic (exact) mass is 474 g/mol. The molecule has 1 aliphatic heterocycles. The van der Waals surface area contributed by atoms with Gasteiger partial charge in [-0.05, 0) is 60.1 Å². The molecular weight excluding hydrogens is 424 g/mol. The van der Waals surface area contributed by atoms with Crippen LogP contribution in [0.5, 0.6) is 0 Å². The highest BCUT2D eigenvalue weighted by Crippen LogP contribution is 2.38. The Bertz CT molecular complexity index is 733. The lowest BCUT2D eigenvalue weighted by Gasteiger charge is -2.29. The third kappa shape index (κ3) is 7.33. The summed E-state index contributed by atoms with van der Waals surface area (Å²) in [5, 5.41) is 1.71. The number of unbranched alkanes of at least 4 members (excludes halogenated alkanes) is 4. The first-order chi connectivity index (χ1) is 16.8. The van der Waals surface area contributed by atoms with Gasteiger partial charge in [-0.25, -0.2) is 0 Å². The van der Waals surface area contributed by atoms with E-state index in [1.807, 2.05) is 0 Å². The van der Waals surface area contributed by atoms with E-state index in [1.165, 1.54) is 113 Å². The second-order valence-corrected chi connectivity index (χ2v) is 14.9. The van der Waals surface area contributed by atoms with Crippen LogP contribution in [0.4, 0.5) is 0 Å². The van der Waals surface area contributed by atoms with Crippen LogP contribution < -0.4 is 5.19 Å². The van der Waals surface area contributed by atoms with E-state index in [4.69, 9.17) is 0 Å². The fourth-order valence-corrected chi connectivity index (χ4v) is 10.3. The molecule has 34 heavy (non-hydrogen) atoms. The second-order valence-electron chi connectivity index (χ2n) is 11.7. The summed E-state index contributed by atoms with van der Waals surface area (Å²) in [5.41, 5.74) is 4.37. The van der Waals surface area contributed by atoms with Crippen molar-refractivity contribution in [2.75, 3.05) is 0 Å². The number of benzene rings is 2. The zero-order valence-electron chi connectivity index (χ0n) is 22.2. The van der Waals surface area contributed by atoms with Gasteiger partial charge in [0, 0.05) is 0 Å². The molecular formula is C33H50Si. The highest BCUT2D eigenvalue weighted by Gasteiger charge is 2.24. The van der Waals surface area contributed by atoms with Crippen LogP contribution >= 0.6 is 0 Å². The lowest BCUT2D eigenvalue weighted by molar-refractivity contribution is 0.303. The van der Waals surface area contributed by atoms with Gasteiger partial charge in [-0.3, -0.25) is 0 Å². The van der Waals surface area contributed by atoms with Gasteiger partial charge >= 0.3 is 0 Å². The average molecular weight is 475 g/mol. The highest BCUT2D eigenvalue weighted by molar-refractivity contribution is 6.73. The van der Waals surface area contributed by atoms with Crippen molar-refractivity contribution in [1.82, 2.24) is 0 Å². The number of rotatable bonds is 11. The maximum absolute atomic E-state index is 2.48. The number of hydrogen-bond acceptors (Lipinski definition) is 0. The molecule has 4 rings (SSSR count). The number of hydrogen-bond donors (Lipinski definition) is 0. The maximum atomic E-state index is 2.48. The van der Waals surface area contributed by atoms with E-state index in [1.54, 1.807) is 10.8 Å². The van der Waals surface area contributed by atoms with Gasteiger partial charge in [-0.15, -0.1) is 0 Å². The van der Waals surface area contributed by atoms with Crippen LogP contribution in [-0.4, -0.2) is 8.80 Å². The van der Waals surface area contributed by atoms with Gasteiger partial charge in [0.15, 0.2) is 0 Å². The predicted octanol–water partition coefficient (Wildman–Crippen LogP) is 9.63. The second kappa shape index (κ2) is 13.7. The molecule has 0 aromatic heterocycles. The van der Waals surface area contributed by atoms with Crippen molar-refractivity contribution in [1.29, 1.82) is 0 Å². The van der Waals surface area contributed by atoms with E-state index in [0.29, 0.717) is 0 Å². The molecule has 2 aromatic carbocycles. The summed E-state index contributed by atoms with van der Waals surface area (Å²) in [7, 11) is -0.721. The maximum Gasteiger partial charge on any atom is 0.0708 e. The minimum absolute atomic E-state index is 0.721. The molecule has 0 nitrogen and oxygen atoms in total. The van der Waals surface area contributed by atoms with Crippen LogP contribution in [0, 0.1) is 11.8 Å². The van der Waals surface area contributed by atoms with Crippen LogP contribution in [0.25, 0.3) is 11.1 Å². The molecule has 1 aliphatic carbocycles. The minimum atomic E-state index is -0.721. The van der Waals surface area contributed by atoms with Crippen LogP contribution in [-0.2, 0) is 0 Å². The van der Waals surface area contributed by atoms with Crippen molar-refractivity contribution in [3.63, 3.8) is 0 Å². The Morgan fingerprint density at radius 2 is 1.09 bits per heavy atom. The molecule has 1 saturated carbocycles. The molecule has 0 spiro atoms. The topological polar surface area (TPSA) is 0 Å². The molecule has 0 atom stereocenters. The molecule has 1 saturated heterocycles. The first-order valence-corrected chi connectivity index (χ1v) is 17.2. The SMILES string of the molecule is CCCCCC1CC[SiH](c2ccc(-c3ccc([C@H]4CC[C@H](CCCCC)CC4)cc3)cc2)CC1. The molecule has 1 heterocycles. The third-order valence-electron chi connectivity index (χ3n) is 9.22. The lowest BCUT2D eigenvalue weighted by Crippen LogP contribution is -2.33. The summed E-state index contributed by atoms with van der Waals surface area (Å²) in [6, 6.07) is 22.5. The van der Waals surface area contributed by atoms with Gasteiger partial charge < -0.3 is 0 Å². The van der Waals surface area contributed by atoms with Crippen molar-refractivity contribution in [2.45, 2.75) is 122 Å². The van der Waals surface area contributed by atoms with E-state index in [-0.39, 0.29) is 0 Å².